The molecule has 4 rings (SSSR count). The molecule has 0 aliphatic carbocycles. The molecule has 1 atom stereocenters. The van der Waals surface area contributed by atoms with Crippen LogP contribution in [-0.4, -0.2) is 19.6 Å². The Morgan fingerprint density at radius 2 is 2.00 bits per heavy atom. The Morgan fingerprint density at radius 3 is 2.78 bits per heavy atom. The Kier molecular flexibility index (Phi) is 4.79. The molecule has 1 aliphatic heterocycles. The number of hydrogen-bond acceptors (Lipinski definition) is 3. The molecule has 0 bridgehead atoms. The van der Waals surface area contributed by atoms with E-state index in [1.165, 1.54) is 0 Å². The summed E-state index contributed by atoms with van der Waals surface area (Å²) in [5, 5.41) is 5.25. The average molecular weight is 426 g/mol. The molecule has 4 nitrogen and oxygen atoms in total. The predicted octanol–water partition coefficient (Wildman–Crippen LogP) is 5.48. The first-order chi connectivity index (χ1) is 13.1. The van der Waals surface area contributed by atoms with Crippen LogP contribution in [0.1, 0.15) is 30.4 Å². The van der Waals surface area contributed by atoms with Gasteiger partial charge in [-0.3, -0.25) is 4.79 Å². The van der Waals surface area contributed by atoms with Crippen LogP contribution < -0.4 is 14.8 Å². The molecule has 3 aromatic carbocycles. The fourth-order valence-corrected chi connectivity index (χ4v) is 4.37. The van der Waals surface area contributed by atoms with Gasteiger partial charge in [-0.2, -0.15) is 0 Å². The van der Waals surface area contributed by atoms with Gasteiger partial charge in [0, 0.05) is 17.7 Å². The van der Waals surface area contributed by atoms with Gasteiger partial charge in [0.1, 0.15) is 0 Å². The van der Waals surface area contributed by atoms with Gasteiger partial charge in [-0.05, 0) is 51.5 Å². The first kappa shape index (κ1) is 17.9. The number of anilines is 1. The SMILES string of the molecule is CCOc1cc([C@@H]2CC(=O)Nc3c2ccc2ccccc32)cc(Br)c1OC. The molecule has 0 aromatic heterocycles. The van der Waals surface area contributed by atoms with Gasteiger partial charge >= 0.3 is 0 Å². The van der Waals surface area contributed by atoms with Crippen molar-refractivity contribution in [1.82, 2.24) is 0 Å². The molecule has 0 fully saturated rings. The summed E-state index contributed by atoms with van der Waals surface area (Å²) in [5.74, 6) is 1.32. The monoisotopic (exact) mass is 425 g/mol. The second-order valence-electron chi connectivity index (χ2n) is 6.52. The Bertz CT molecular complexity index is 1030. The number of nitrogens with one attached hydrogen (secondary N) is 1. The zero-order valence-electron chi connectivity index (χ0n) is 15.2. The predicted molar refractivity (Wildman–Crippen MR) is 111 cm³/mol. The summed E-state index contributed by atoms with van der Waals surface area (Å²) >= 11 is 3.58. The standard InChI is InChI=1S/C22H20BrNO3/c1-3-27-19-11-14(10-18(23)22(19)26-2)17-12-20(25)24-21-15-7-5-4-6-13(15)8-9-16(17)21/h4-11,17H,3,12H2,1-2H3,(H,24,25)/t17-/m0/s1. The lowest BCUT2D eigenvalue weighted by molar-refractivity contribution is -0.116. The summed E-state index contributed by atoms with van der Waals surface area (Å²) in [6.07, 6.45) is 0.398. The highest BCUT2D eigenvalue weighted by atomic mass is 79.9. The van der Waals surface area contributed by atoms with Crippen LogP contribution in [-0.2, 0) is 4.79 Å². The van der Waals surface area contributed by atoms with Gasteiger partial charge in [-0.1, -0.05) is 36.4 Å². The van der Waals surface area contributed by atoms with Crippen LogP contribution in [0.2, 0.25) is 0 Å². The molecule has 1 amide bonds. The van der Waals surface area contributed by atoms with Crippen LogP contribution in [0, 0.1) is 0 Å². The summed E-state index contributed by atoms with van der Waals surface area (Å²) in [4.78, 5) is 12.5. The van der Waals surface area contributed by atoms with Crippen molar-refractivity contribution in [2.75, 3.05) is 19.0 Å². The molecule has 3 aromatic rings. The maximum Gasteiger partial charge on any atom is 0.225 e. The zero-order chi connectivity index (χ0) is 19.0. The first-order valence-electron chi connectivity index (χ1n) is 8.94. The maximum absolute atomic E-state index is 12.5. The van der Waals surface area contributed by atoms with Crippen LogP contribution in [0.15, 0.2) is 53.0 Å². The van der Waals surface area contributed by atoms with E-state index in [-0.39, 0.29) is 11.8 Å². The van der Waals surface area contributed by atoms with E-state index < -0.39 is 0 Å². The minimum Gasteiger partial charge on any atom is -0.492 e. The van der Waals surface area contributed by atoms with E-state index in [0.29, 0.717) is 24.5 Å². The van der Waals surface area contributed by atoms with Gasteiger partial charge in [0.25, 0.3) is 0 Å². The normalized spacial score (nSPS) is 16.0. The second kappa shape index (κ2) is 7.24. The number of rotatable bonds is 4. The Morgan fingerprint density at radius 1 is 1.19 bits per heavy atom. The van der Waals surface area contributed by atoms with Gasteiger partial charge in [-0.15, -0.1) is 0 Å². The zero-order valence-corrected chi connectivity index (χ0v) is 16.8. The molecular weight excluding hydrogens is 406 g/mol. The van der Waals surface area contributed by atoms with E-state index in [1.807, 2.05) is 37.3 Å². The van der Waals surface area contributed by atoms with Crippen molar-refractivity contribution in [2.45, 2.75) is 19.3 Å². The van der Waals surface area contributed by atoms with E-state index >= 15 is 0 Å². The fraction of sp³-hybridized carbons (Fsp3) is 0.227. The van der Waals surface area contributed by atoms with Crippen molar-refractivity contribution >= 4 is 38.3 Å². The third-order valence-electron chi connectivity index (χ3n) is 4.93. The lowest BCUT2D eigenvalue weighted by atomic mass is 9.83. The molecule has 0 spiro atoms. The summed E-state index contributed by atoms with van der Waals surface area (Å²) in [6, 6.07) is 16.3. The van der Waals surface area contributed by atoms with Crippen molar-refractivity contribution in [3.8, 4) is 11.5 Å². The van der Waals surface area contributed by atoms with Crippen LogP contribution in [0.5, 0.6) is 11.5 Å². The molecule has 138 valence electrons. The van der Waals surface area contributed by atoms with E-state index in [9.17, 15) is 4.79 Å². The van der Waals surface area contributed by atoms with Gasteiger partial charge in [-0.25, -0.2) is 0 Å². The van der Waals surface area contributed by atoms with Gasteiger partial charge < -0.3 is 14.8 Å². The number of methoxy groups -OCH3 is 1. The van der Waals surface area contributed by atoms with Crippen LogP contribution >= 0.6 is 15.9 Å². The molecule has 1 N–H and O–H groups in total. The maximum atomic E-state index is 12.5. The molecule has 0 radical (unpaired) electrons. The van der Waals surface area contributed by atoms with Crippen LogP contribution in [0.25, 0.3) is 10.8 Å². The van der Waals surface area contributed by atoms with E-state index in [4.69, 9.17) is 9.47 Å². The third kappa shape index (κ3) is 3.16. The minimum atomic E-state index is -0.0419. The number of benzene rings is 3. The van der Waals surface area contributed by atoms with Crippen molar-refractivity contribution in [3.05, 3.63) is 64.1 Å². The van der Waals surface area contributed by atoms with Crippen molar-refractivity contribution in [1.29, 1.82) is 0 Å². The molecule has 5 heteroatoms. The molecule has 27 heavy (non-hydrogen) atoms. The minimum absolute atomic E-state index is 0.0220. The molecule has 0 unspecified atom stereocenters. The number of hydrogen-bond donors (Lipinski definition) is 1. The molecule has 1 heterocycles. The van der Waals surface area contributed by atoms with Crippen molar-refractivity contribution < 1.29 is 14.3 Å². The topological polar surface area (TPSA) is 47.6 Å². The van der Waals surface area contributed by atoms with Crippen LogP contribution in [0.3, 0.4) is 0 Å². The number of ether oxygens (including phenoxy) is 2. The molecule has 1 aliphatic rings. The highest BCUT2D eigenvalue weighted by Gasteiger charge is 2.29. The molecule has 0 saturated carbocycles. The van der Waals surface area contributed by atoms with Crippen LogP contribution in [0.4, 0.5) is 5.69 Å². The second-order valence-corrected chi connectivity index (χ2v) is 7.38. The summed E-state index contributed by atoms with van der Waals surface area (Å²) in [6.45, 7) is 2.48. The number of carbonyl (C=O) groups excluding carboxylic acids is 1. The van der Waals surface area contributed by atoms with Gasteiger partial charge in [0.15, 0.2) is 11.5 Å². The van der Waals surface area contributed by atoms with E-state index in [1.54, 1.807) is 7.11 Å². The highest BCUT2D eigenvalue weighted by molar-refractivity contribution is 9.10. The Hall–Kier alpha value is -2.53. The highest BCUT2D eigenvalue weighted by Crippen LogP contribution is 2.45. The average Bonchev–Trinajstić information content (AvgIpc) is 2.67. The Balaban J connectivity index is 1.89. The van der Waals surface area contributed by atoms with E-state index in [0.717, 1.165) is 32.1 Å². The van der Waals surface area contributed by atoms with Crippen molar-refractivity contribution in [2.24, 2.45) is 0 Å². The smallest absolute Gasteiger partial charge is 0.225 e. The Labute approximate surface area is 166 Å². The molecule has 0 saturated heterocycles. The van der Waals surface area contributed by atoms with Gasteiger partial charge in [0.2, 0.25) is 5.91 Å². The van der Waals surface area contributed by atoms with Gasteiger partial charge in [0.05, 0.1) is 23.9 Å². The summed E-state index contributed by atoms with van der Waals surface area (Å²) < 4.78 is 12.1. The largest absolute Gasteiger partial charge is 0.492 e. The summed E-state index contributed by atoms with van der Waals surface area (Å²) in [5.41, 5.74) is 3.05. The molecular formula is C22H20BrNO3. The first-order valence-corrected chi connectivity index (χ1v) is 9.73. The lowest BCUT2D eigenvalue weighted by Gasteiger charge is -2.28. The summed E-state index contributed by atoms with van der Waals surface area (Å²) in [7, 11) is 1.62. The fourth-order valence-electron chi connectivity index (χ4n) is 3.75. The number of amides is 1. The third-order valence-corrected chi connectivity index (χ3v) is 5.52. The van der Waals surface area contributed by atoms with Crippen molar-refractivity contribution in [3.63, 3.8) is 0 Å². The quantitative estimate of drug-likeness (QED) is 0.601. The number of carbonyl (C=O) groups is 1. The van der Waals surface area contributed by atoms with E-state index in [2.05, 4.69) is 39.4 Å². The number of halogens is 1. The lowest BCUT2D eigenvalue weighted by Crippen LogP contribution is -2.23. The number of fused-ring (bicyclic) bond motifs is 3.